The van der Waals surface area contributed by atoms with Crippen LogP contribution in [0.4, 0.5) is 5.95 Å². The smallest absolute Gasteiger partial charge is 0.226 e. The quantitative estimate of drug-likeness (QED) is 0.875. The molecule has 27 heavy (non-hydrogen) atoms. The van der Waals surface area contributed by atoms with Gasteiger partial charge in [0.25, 0.3) is 0 Å². The summed E-state index contributed by atoms with van der Waals surface area (Å²) in [6.45, 7) is 4.85. The summed E-state index contributed by atoms with van der Waals surface area (Å²) in [6.07, 6.45) is 8.10. The number of aromatic nitrogens is 3. The van der Waals surface area contributed by atoms with Gasteiger partial charge in [0.15, 0.2) is 5.65 Å². The molecule has 2 aliphatic rings. The highest BCUT2D eigenvalue weighted by Gasteiger charge is 2.30. The standard InChI is InChI=1S/C20H24N4O3/c1-20(2)12-13(9-10-27-20)11-16(25)22-19-21-15-7-8-17(26-3)23-18(15)24(19)14-5-4-6-14/h4-8,13H,9-12H2,1-3H3,(H,21,22,25). The van der Waals surface area contributed by atoms with Crippen LogP contribution in [0.15, 0.2) is 30.4 Å². The highest BCUT2D eigenvalue weighted by atomic mass is 16.5. The molecule has 142 valence electrons. The number of nitrogens with zero attached hydrogens (tertiary/aromatic N) is 3. The number of rotatable bonds is 5. The Morgan fingerprint density at radius 3 is 2.89 bits per heavy atom. The summed E-state index contributed by atoms with van der Waals surface area (Å²) in [5.74, 6) is 1.27. The molecule has 1 saturated heterocycles. The number of nitrogens with one attached hydrogen (secondary N) is 1. The number of carbonyl (C=O) groups is 1. The molecule has 2 aromatic rings. The summed E-state index contributed by atoms with van der Waals surface area (Å²) in [4.78, 5) is 21.7. The van der Waals surface area contributed by atoms with Gasteiger partial charge in [-0.2, -0.15) is 4.98 Å². The zero-order chi connectivity index (χ0) is 19.0. The molecule has 0 spiro atoms. The number of fused-ring (bicyclic) bond motifs is 1. The van der Waals surface area contributed by atoms with Gasteiger partial charge in [-0.3, -0.25) is 14.7 Å². The summed E-state index contributed by atoms with van der Waals surface area (Å²) >= 11 is 0. The molecule has 0 saturated carbocycles. The van der Waals surface area contributed by atoms with Crippen molar-refractivity contribution in [3.05, 3.63) is 30.4 Å². The fourth-order valence-corrected chi connectivity index (χ4v) is 3.68. The van der Waals surface area contributed by atoms with Crippen molar-refractivity contribution >= 4 is 28.7 Å². The molecular weight excluding hydrogens is 344 g/mol. The fourth-order valence-electron chi connectivity index (χ4n) is 3.68. The van der Waals surface area contributed by atoms with Crippen LogP contribution in [0.3, 0.4) is 0 Å². The minimum atomic E-state index is -0.168. The number of ether oxygens (including phenoxy) is 2. The Bertz CT molecular complexity index is 942. The molecule has 0 aromatic carbocycles. The number of pyridine rings is 1. The maximum absolute atomic E-state index is 12.7. The number of imidazole rings is 1. The van der Waals surface area contributed by atoms with Crippen molar-refractivity contribution in [1.29, 1.82) is 0 Å². The molecule has 3 heterocycles. The van der Waals surface area contributed by atoms with E-state index in [2.05, 4.69) is 29.1 Å². The van der Waals surface area contributed by atoms with Gasteiger partial charge < -0.3 is 9.47 Å². The number of hydrogen-bond acceptors (Lipinski definition) is 5. The van der Waals surface area contributed by atoms with Crippen LogP contribution in [0.2, 0.25) is 0 Å². The van der Waals surface area contributed by atoms with Gasteiger partial charge in [-0.25, -0.2) is 4.98 Å². The molecule has 1 fully saturated rings. The van der Waals surface area contributed by atoms with Gasteiger partial charge in [-0.05, 0) is 50.8 Å². The van der Waals surface area contributed by atoms with Gasteiger partial charge in [0.05, 0.1) is 18.4 Å². The second-order valence-corrected chi connectivity index (χ2v) is 7.64. The van der Waals surface area contributed by atoms with E-state index >= 15 is 0 Å². The Morgan fingerprint density at radius 1 is 1.41 bits per heavy atom. The summed E-state index contributed by atoms with van der Waals surface area (Å²) < 4.78 is 12.8. The lowest BCUT2D eigenvalue weighted by molar-refractivity contribution is -0.120. The largest absolute Gasteiger partial charge is 0.481 e. The van der Waals surface area contributed by atoms with Crippen LogP contribution in [0.5, 0.6) is 5.88 Å². The second kappa shape index (κ2) is 6.81. The van der Waals surface area contributed by atoms with Gasteiger partial charge in [0.1, 0.15) is 5.52 Å². The van der Waals surface area contributed by atoms with Gasteiger partial charge in [0.2, 0.25) is 17.7 Å². The molecule has 0 radical (unpaired) electrons. The predicted octanol–water partition coefficient (Wildman–Crippen LogP) is 3.38. The molecule has 2 aromatic heterocycles. The SMILES string of the molecule is COc1ccc2nc(NC(=O)CC3CCOC(C)(C)C3)n(C3=CC=C3)c2n1. The average Bonchev–Trinajstić information content (AvgIpc) is 2.89. The van der Waals surface area contributed by atoms with E-state index in [1.807, 2.05) is 28.9 Å². The first-order chi connectivity index (χ1) is 12.9. The first-order valence-corrected chi connectivity index (χ1v) is 9.21. The third kappa shape index (κ3) is 3.60. The molecule has 1 atom stereocenters. The minimum absolute atomic E-state index is 0.0369. The number of anilines is 1. The van der Waals surface area contributed by atoms with E-state index in [0.717, 1.165) is 18.5 Å². The lowest BCUT2D eigenvalue weighted by Gasteiger charge is -2.35. The van der Waals surface area contributed by atoms with Crippen LogP contribution in [-0.4, -0.2) is 39.8 Å². The lowest BCUT2D eigenvalue weighted by atomic mass is 9.86. The summed E-state index contributed by atoms with van der Waals surface area (Å²) in [6, 6.07) is 3.61. The minimum Gasteiger partial charge on any atom is -0.481 e. The zero-order valence-corrected chi connectivity index (χ0v) is 15.9. The maximum atomic E-state index is 12.7. The van der Waals surface area contributed by atoms with Crippen molar-refractivity contribution < 1.29 is 14.3 Å². The Kier molecular flexibility index (Phi) is 4.47. The summed E-state index contributed by atoms with van der Waals surface area (Å²) in [7, 11) is 1.58. The molecule has 1 aliphatic carbocycles. The van der Waals surface area contributed by atoms with E-state index < -0.39 is 0 Å². The first-order valence-electron chi connectivity index (χ1n) is 9.21. The van der Waals surface area contributed by atoms with Gasteiger partial charge >= 0.3 is 0 Å². The van der Waals surface area contributed by atoms with E-state index in [-0.39, 0.29) is 11.5 Å². The third-order valence-electron chi connectivity index (χ3n) is 5.00. The van der Waals surface area contributed by atoms with Crippen LogP contribution >= 0.6 is 0 Å². The highest BCUT2D eigenvalue weighted by Crippen LogP contribution is 2.32. The highest BCUT2D eigenvalue weighted by molar-refractivity contribution is 5.93. The number of allylic oxidation sites excluding steroid dienone is 4. The molecule has 1 unspecified atom stereocenters. The number of hydrogen-bond donors (Lipinski definition) is 1. The van der Waals surface area contributed by atoms with Crippen molar-refractivity contribution in [3.63, 3.8) is 0 Å². The van der Waals surface area contributed by atoms with Crippen LogP contribution in [0, 0.1) is 5.92 Å². The van der Waals surface area contributed by atoms with Crippen molar-refractivity contribution in [2.45, 2.75) is 38.7 Å². The van der Waals surface area contributed by atoms with Crippen LogP contribution in [0.25, 0.3) is 16.9 Å². The van der Waals surface area contributed by atoms with E-state index in [1.165, 1.54) is 0 Å². The molecule has 1 N–H and O–H groups in total. The van der Waals surface area contributed by atoms with Crippen molar-refractivity contribution in [2.75, 3.05) is 19.0 Å². The normalized spacial score (nSPS) is 20.9. The average molecular weight is 368 g/mol. The molecule has 1 aliphatic heterocycles. The summed E-state index contributed by atoms with van der Waals surface area (Å²) in [5.41, 5.74) is 2.13. The molecule has 0 bridgehead atoms. The predicted molar refractivity (Wildman–Crippen MR) is 103 cm³/mol. The van der Waals surface area contributed by atoms with Gasteiger partial charge in [-0.15, -0.1) is 0 Å². The monoisotopic (exact) mass is 368 g/mol. The molecule has 7 heteroatoms. The molecular formula is C20H24N4O3. The fraction of sp³-hybridized carbons (Fsp3) is 0.450. The zero-order valence-electron chi connectivity index (χ0n) is 15.9. The van der Waals surface area contributed by atoms with Crippen LogP contribution in [-0.2, 0) is 9.53 Å². The Labute approximate surface area is 158 Å². The van der Waals surface area contributed by atoms with Gasteiger partial charge in [-0.1, -0.05) is 6.08 Å². The van der Waals surface area contributed by atoms with Gasteiger partial charge in [0, 0.05) is 19.1 Å². The maximum Gasteiger partial charge on any atom is 0.226 e. The Morgan fingerprint density at radius 2 is 2.22 bits per heavy atom. The van der Waals surface area contributed by atoms with Crippen molar-refractivity contribution in [3.8, 4) is 5.88 Å². The van der Waals surface area contributed by atoms with E-state index in [0.29, 0.717) is 41.9 Å². The van der Waals surface area contributed by atoms with Crippen LogP contribution in [0.1, 0.15) is 33.1 Å². The lowest BCUT2D eigenvalue weighted by Crippen LogP contribution is -2.35. The van der Waals surface area contributed by atoms with Crippen molar-refractivity contribution in [2.24, 2.45) is 5.92 Å². The number of amides is 1. The summed E-state index contributed by atoms with van der Waals surface area (Å²) in [5, 5.41) is 2.98. The molecule has 4 rings (SSSR count). The Hall–Kier alpha value is -2.67. The van der Waals surface area contributed by atoms with E-state index in [4.69, 9.17) is 9.47 Å². The Balaban J connectivity index is 1.57. The second-order valence-electron chi connectivity index (χ2n) is 7.64. The van der Waals surface area contributed by atoms with Crippen LogP contribution < -0.4 is 10.1 Å². The third-order valence-corrected chi connectivity index (χ3v) is 5.00. The first kappa shape index (κ1) is 17.7. The molecule has 1 amide bonds. The number of carbonyl (C=O) groups excluding carboxylic acids is 1. The van der Waals surface area contributed by atoms with Crippen molar-refractivity contribution in [1.82, 2.24) is 14.5 Å². The van der Waals surface area contributed by atoms with E-state index in [1.54, 1.807) is 13.2 Å². The number of methoxy groups -OCH3 is 1. The molecule has 7 nitrogen and oxygen atoms in total. The van der Waals surface area contributed by atoms with E-state index in [9.17, 15) is 4.79 Å². The topological polar surface area (TPSA) is 78.3 Å².